The first kappa shape index (κ1) is 17.5. The van der Waals surface area contributed by atoms with E-state index in [0.29, 0.717) is 5.56 Å². The highest BCUT2D eigenvalue weighted by Gasteiger charge is 2.14. The van der Waals surface area contributed by atoms with Gasteiger partial charge in [-0.25, -0.2) is 4.98 Å². The van der Waals surface area contributed by atoms with Crippen LogP contribution in [0.5, 0.6) is 5.75 Å². The van der Waals surface area contributed by atoms with E-state index in [4.69, 9.17) is 14.9 Å². The van der Waals surface area contributed by atoms with Gasteiger partial charge in [0.25, 0.3) is 5.91 Å². The first-order valence-electron chi connectivity index (χ1n) is 7.29. The normalized spacial score (nSPS) is 13.5. The van der Waals surface area contributed by atoms with Gasteiger partial charge < -0.3 is 25.4 Å². The smallest absolute Gasteiger partial charge is 0.273 e. The summed E-state index contributed by atoms with van der Waals surface area (Å²) in [4.78, 5) is 15.6. The van der Waals surface area contributed by atoms with Gasteiger partial charge in [0.15, 0.2) is 12.0 Å². The molecule has 1 amide bonds. The van der Waals surface area contributed by atoms with Crippen molar-refractivity contribution in [3.8, 4) is 17.6 Å². The molecule has 0 saturated carbocycles. The molecule has 7 heteroatoms. The van der Waals surface area contributed by atoms with Gasteiger partial charge in [0.05, 0.1) is 19.4 Å². The number of carbonyl (C=O) groups excluding carboxylic acids is 1. The highest BCUT2D eigenvalue weighted by Crippen LogP contribution is 2.18. The van der Waals surface area contributed by atoms with Gasteiger partial charge in [0, 0.05) is 23.8 Å². The van der Waals surface area contributed by atoms with Crippen LogP contribution in [0.15, 0.2) is 35.7 Å². The fourth-order valence-corrected chi connectivity index (χ4v) is 2.03. The molecular formula is C17H18N2O5. The molecule has 0 atom stereocenters. The lowest BCUT2D eigenvalue weighted by molar-refractivity contribution is -0.0361. The summed E-state index contributed by atoms with van der Waals surface area (Å²) in [6.07, 6.45) is 5.23. The summed E-state index contributed by atoms with van der Waals surface area (Å²) < 4.78 is 5.19. The van der Waals surface area contributed by atoms with Crippen LogP contribution in [0.1, 0.15) is 28.9 Å². The number of carbonyl (C=O) groups is 1. The molecule has 2 rings (SSSR count). The van der Waals surface area contributed by atoms with E-state index in [1.165, 1.54) is 12.3 Å². The maximum atomic E-state index is 11.7. The second-order valence-electron chi connectivity index (χ2n) is 5.05. The monoisotopic (exact) mass is 330 g/mol. The molecule has 1 aromatic rings. The molecule has 1 aliphatic carbocycles. The largest absolute Gasteiger partial charge is 0.505 e. The van der Waals surface area contributed by atoms with Crippen molar-refractivity contribution >= 4 is 5.91 Å². The lowest BCUT2D eigenvalue weighted by Crippen LogP contribution is -2.32. The summed E-state index contributed by atoms with van der Waals surface area (Å²) in [5.41, 5.74) is 1.06. The third kappa shape index (κ3) is 4.84. The van der Waals surface area contributed by atoms with Crippen molar-refractivity contribution in [1.29, 1.82) is 0 Å². The average Bonchev–Trinajstić information content (AvgIpc) is 2.58. The van der Waals surface area contributed by atoms with E-state index in [9.17, 15) is 9.90 Å². The highest BCUT2D eigenvalue weighted by molar-refractivity contribution is 5.94. The van der Waals surface area contributed by atoms with E-state index in [0.717, 1.165) is 24.2 Å². The third-order valence-electron chi connectivity index (χ3n) is 3.21. The van der Waals surface area contributed by atoms with Gasteiger partial charge in [-0.1, -0.05) is 17.9 Å². The quantitative estimate of drug-likeness (QED) is 0.470. The van der Waals surface area contributed by atoms with Crippen LogP contribution in [-0.4, -0.2) is 46.2 Å². The number of hydrogen-bond acceptors (Lipinski definition) is 6. The number of rotatable bonds is 4. The number of allylic oxidation sites excluding steroid dienone is 4. The van der Waals surface area contributed by atoms with Gasteiger partial charge in [0.2, 0.25) is 0 Å². The molecule has 1 aromatic heterocycles. The number of methoxy groups -OCH3 is 1. The van der Waals surface area contributed by atoms with Crippen molar-refractivity contribution < 1.29 is 24.9 Å². The number of hydrogen-bond donors (Lipinski definition) is 4. The molecule has 0 spiro atoms. The minimum Gasteiger partial charge on any atom is -0.505 e. The summed E-state index contributed by atoms with van der Waals surface area (Å²) in [6, 6.07) is 1.33. The Labute approximate surface area is 139 Å². The molecule has 0 aromatic carbocycles. The van der Waals surface area contributed by atoms with Crippen molar-refractivity contribution in [2.75, 3.05) is 13.7 Å². The van der Waals surface area contributed by atoms with E-state index in [1.807, 2.05) is 12.2 Å². The molecule has 0 saturated heterocycles. The first-order valence-corrected chi connectivity index (χ1v) is 7.29. The van der Waals surface area contributed by atoms with Crippen molar-refractivity contribution in [3.05, 3.63) is 47.0 Å². The molecule has 126 valence electrons. The van der Waals surface area contributed by atoms with Gasteiger partial charge in [-0.05, 0) is 18.6 Å². The molecule has 4 N–H and O–H groups in total. The molecule has 7 nitrogen and oxygen atoms in total. The third-order valence-corrected chi connectivity index (χ3v) is 3.21. The number of nitrogens with one attached hydrogen (secondary N) is 1. The topological polar surface area (TPSA) is 112 Å². The highest BCUT2D eigenvalue weighted by atomic mass is 16.5. The number of amides is 1. The second-order valence-corrected chi connectivity index (χ2v) is 5.05. The minimum atomic E-state index is -1.67. The zero-order valence-electron chi connectivity index (χ0n) is 13.1. The van der Waals surface area contributed by atoms with Gasteiger partial charge in [-0.3, -0.25) is 4.79 Å². The van der Waals surface area contributed by atoms with Crippen molar-refractivity contribution in [2.24, 2.45) is 0 Å². The predicted octanol–water partition coefficient (Wildman–Crippen LogP) is 0.430. The van der Waals surface area contributed by atoms with E-state index >= 15 is 0 Å². The molecule has 24 heavy (non-hydrogen) atoms. The molecule has 0 unspecified atom stereocenters. The molecule has 1 heterocycles. The first-order chi connectivity index (χ1) is 11.5. The Hall–Kier alpha value is -2.82. The standard InChI is InChI=1S/C17H18N2O5/c1-24-13-4-2-3-11(7-13)5-6-12-8-14(20)16(18-9-12)17(23)19-10-15(21)22/h3,7-9,15,20-22H,2,4,10H2,1H3,(H,19,23). The van der Waals surface area contributed by atoms with Crippen LogP contribution in [0.4, 0.5) is 0 Å². The summed E-state index contributed by atoms with van der Waals surface area (Å²) in [6.45, 7) is -0.357. The number of aliphatic hydroxyl groups is 2. The van der Waals surface area contributed by atoms with Crippen LogP contribution >= 0.6 is 0 Å². The Kier molecular flexibility index (Phi) is 5.95. The maximum absolute atomic E-state index is 11.7. The number of aliphatic hydroxyl groups excluding tert-OH is 1. The minimum absolute atomic E-state index is 0.209. The van der Waals surface area contributed by atoms with E-state index in [1.54, 1.807) is 7.11 Å². The fraction of sp³-hybridized carbons (Fsp3) is 0.294. The molecule has 0 bridgehead atoms. The van der Waals surface area contributed by atoms with Crippen molar-refractivity contribution in [1.82, 2.24) is 10.3 Å². The molecule has 0 radical (unpaired) electrons. The van der Waals surface area contributed by atoms with Crippen LogP contribution in [0.3, 0.4) is 0 Å². The summed E-state index contributed by atoms with van der Waals surface area (Å²) >= 11 is 0. The van der Waals surface area contributed by atoms with Crippen LogP contribution in [0.25, 0.3) is 0 Å². The number of nitrogens with zero attached hydrogens (tertiary/aromatic N) is 1. The van der Waals surface area contributed by atoms with E-state index < -0.39 is 12.2 Å². The Morgan fingerprint density at radius 1 is 1.46 bits per heavy atom. The number of ether oxygens (including phenoxy) is 1. The number of aromatic hydroxyl groups is 1. The van der Waals surface area contributed by atoms with Gasteiger partial charge in [0.1, 0.15) is 5.75 Å². The van der Waals surface area contributed by atoms with Crippen LogP contribution < -0.4 is 5.32 Å². The van der Waals surface area contributed by atoms with Crippen LogP contribution in [0, 0.1) is 11.8 Å². The van der Waals surface area contributed by atoms with E-state index in [-0.39, 0.29) is 18.0 Å². The van der Waals surface area contributed by atoms with E-state index in [2.05, 4.69) is 22.1 Å². The molecule has 0 aliphatic heterocycles. The molecule has 0 fully saturated rings. The van der Waals surface area contributed by atoms with Crippen LogP contribution in [-0.2, 0) is 4.74 Å². The summed E-state index contributed by atoms with van der Waals surface area (Å²) in [5.74, 6) is 5.64. The van der Waals surface area contributed by atoms with Crippen molar-refractivity contribution in [2.45, 2.75) is 19.1 Å². The number of aromatic nitrogens is 1. The van der Waals surface area contributed by atoms with Gasteiger partial charge >= 0.3 is 0 Å². The summed E-state index contributed by atoms with van der Waals surface area (Å²) in [7, 11) is 1.61. The molecular weight excluding hydrogens is 312 g/mol. The summed E-state index contributed by atoms with van der Waals surface area (Å²) in [5, 5.41) is 29.5. The fourth-order valence-electron chi connectivity index (χ4n) is 2.03. The van der Waals surface area contributed by atoms with Crippen LogP contribution in [0.2, 0.25) is 0 Å². The number of pyridine rings is 1. The lowest BCUT2D eigenvalue weighted by atomic mass is 10.1. The Balaban J connectivity index is 2.11. The Morgan fingerprint density at radius 3 is 2.92 bits per heavy atom. The van der Waals surface area contributed by atoms with Gasteiger partial charge in [-0.2, -0.15) is 0 Å². The maximum Gasteiger partial charge on any atom is 0.273 e. The molecule has 1 aliphatic rings. The average molecular weight is 330 g/mol. The Morgan fingerprint density at radius 2 is 2.25 bits per heavy atom. The zero-order valence-corrected chi connectivity index (χ0v) is 13.1. The second kappa shape index (κ2) is 8.15. The Bertz CT molecular complexity index is 741. The van der Waals surface area contributed by atoms with Gasteiger partial charge in [-0.15, -0.1) is 0 Å². The lowest BCUT2D eigenvalue weighted by Gasteiger charge is -2.09. The predicted molar refractivity (Wildman–Crippen MR) is 85.7 cm³/mol. The SMILES string of the molecule is COC1=CC(C#Cc2cnc(C(=O)NCC(O)O)c(O)c2)=CCC1. The van der Waals surface area contributed by atoms with Crippen molar-refractivity contribution in [3.63, 3.8) is 0 Å². The zero-order chi connectivity index (χ0) is 17.5.